The molecule has 0 unspecified atom stereocenters. The Labute approximate surface area is 175 Å². The molecule has 0 bridgehead atoms. The minimum absolute atomic E-state index is 0.0797. The number of aromatic nitrogens is 5. The third kappa shape index (κ3) is 3.50. The number of hydrogen-bond donors (Lipinski definition) is 0. The molecule has 1 saturated heterocycles. The number of hydrogen-bond acceptors (Lipinski definition) is 5. The van der Waals surface area contributed by atoms with Gasteiger partial charge in [0.25, 0.3) is 5.56 Å². The van der Waals surface area contributed by atoms with Crippen molar-refractivity contribution in [2.45, 2.75) is 39.0 Å². The summed E-state index contributed by atoms with van der Waals surface area (Å²) in [7, 11) is 0. The molecule has 0 radical (unpaired) electrons. The van der Waals surface area contributed by atoms with Gasteiger partial charge in [0, 0.05) is 36.1 Å². The fraction of sp³-hybridized carbons (Fsp3) is 0.391. The van der Waals surface area contributed by atoms with Crippen molar-refractivity contribution in [2.24, 2.45) is 0 Å². The van der Waals surface area contributed by atoms with Gasteiger partial charge in [0.2, 0.25) is 0 Å². The van der Waals surface area contributed by atoms with Crippen molar-refractivity contribution < 1.29 is 0 Å². The molecule has 0 aliphatic carbocycles. The third-order valence-corrected chi connectivity index (χ3v) is 5.98. The Morgan fingerprint density at radius 3 is 2.70 bits per heavy atom. The highest BCUT2D eigenvalue weighted by molar-refractivity contribution is 5.62. The van der Waals surface area contributed by atoms with E-state index < -0.39 is 0 Å². The van der Waals surface area contributed by atoms with Crippen molar-refractivity contribution in [1.82, 2.24) is 28.7 Å². The average molecular weight is 403 g/mol. The number of piperidine rings is 1. The van der Waals surface area contributed by atoms with Crippen LogP contribution >= 0.6 is 0 Å². The fourth-order valence-corrected chi connectivity index (χ4v) is 4.43. The van der Waals surface area contributed by atoms with Crippen LogP contribution in [0.4, 0.5) is 0 Å². The number of rotatable bonds is 4. The zero-order valence-electron chi connectivity index (χ0n) is 17.5. The maximum absolute atomic E-state index is 12.9. The van der Waals surface area contributed by atoms with Crippen LogP contribution in [-0.4, -0.2) is 48.3 Å². The minimum atomic E-state index is -0.0797. The second kappa shape index (κ2) is 7.65. The van der Waals surface area contributed by atoms with Crippen LogP contribution in [0, 0.1) is 6.92 Å². The molecule has 30 heavy (non-hydrogen) atoms. The van der Waals surface area contributed by atoms with Crippen LogP contribution in [-0.2, 0) is 0 Å². The van der Waals surface area contributed by atoms with E-state index in [1.807, 2.05) is 42.0 Å². The van der Waals surface area contributed by atoms with Gasteiger partial charge in [-0.2, -0.15) is 0 Å². The van der Waals surface area contributed by atoms with E-state index >= 15 is 0 Å². The molecule has 1 aliphatic heterocycles. The summed E-state index contributed by atoms with van der Waals surface area (Å²) in [5.41, 5.74) is 4.85. The van der Waals surface area contributed by atoms with Crippen molar-refractivity contribution in [3.8, 4) is 11.3 Å². The van der Waals surface area contributed by atoms with Crippen LogP contribution in [0.3, 0.4) is 0 Å². The Morgan fingerprint density at radius 2 is 1.90 bits per heavy atom. The van der Waals surface area contributed by atoms with E-state index in [2.05, 4.69) is 21.8 Å². The smallest absolute Gasteiger partial charge is 0.258 e. The molecule has 0 saturated carbocycles. The molecule has 4 aromatic rings. The normalized spacial score (nSPS) is 15.9. The summed E-state index contributed by atoms with van der Waals surface area (Å²) in [6.07, 6.45) is 10.9. The number of pyridine rings is 1. The molecule has 5 rings (SSSR count). The second-order valence-electron chi connectivity index (χ2n) is 8.20. The second-order valence-corrected chi connectivity index (χ2v) is 8.20. The summed E-state index contributed by atoms with van der Waals surface area (Å²) in [5.74, 6) is 0.404. The summed E-state index contributed by atoms with van der Waals surface area (Å²) in [4.78, 5) is 29.2. The van der Waals surface area contributed by atoms with E-state index in [0.717, 1.165) is 55.1 Å². The highest BCUT2D eigenvalue weighted by Gasteiger charge is 2.21. The van der Waals surface area contributed by atoms with Gasteiger partial charge in [-0.25, -0.2) is 9.97 Å². The first-order valence-corrected chi connectivity index (χ1v) is 10.7. The van der Waals surface area contributed by atoms with Crippen LogP contribution in [0.2, 0.25) is 0 Å². The van der Waals surface area contributed by atoms with Crippen LogP contribution in [0.15, 0.2) is 47.8 Å². The van der Waals surface area contributed by atoms with Gasteiger partial charge in [-0.1, -0.05) is 6.92 Å². The highest BCUT2D eigenvalue weighted by Crippen LogP contribution is 2.26. The van der Waals surface area contributed by atoms with Crippen molar-refractivity contribution >= 4 is 11.3 Å². The van der Waals surface area contributed by atoms with Crippen molar-refractivity contribution in [3.05, 3.63) is 64.7 Å². The quantitative estimate of drug-likeness (QED) is 0.524. The fourth-order valence-electron chi connectivity index (χ4n) is 4.43. The van der Waals surface area contributed by atoms with E-state index in [1.54, 1.807) is 16.7 Å². The van der Waals surface area contributed by atoms with E-state index in [-0.39, 0.29) is 5.56 Å². The molecule has 1 fully saturated rings. The Kier molecular flexibility index (Phi) is 4.83. The number of fused-ring (bicyclic) bond motifs is 2. The van der Waals surface area contributed by atoms with Crippen molar-refractivity contribution in [3.63, 3.8) is 0 Å². The van der Waals surface area contributed by atoms with Crippen LogP contribution in [0.1, 0.15) is 43.5 Å². The lowest BCUT2D eigenvalue weighted by Crippen LogP contribution is -2.33. The van der Waals surface area contributed by atoms with Crippen LogP contribution in [0.5, 0.6) is 0 Å². The standard InChI is InChI=1S/C23H26N6O/c1-3-8-27-9-6-17(7-10-27)20-15-29-22(12-24-20)26-19(11-23(29)30)18-4-5-21-25-16(2)13-28(21)14-18/h4-5,11-15,17H,3,6-10H2,1-2H3. The van der Waals surface area contributed by atoms with E-state index in [9.17, 15) is 4.79 Å². The molecular weight excluding hydrogens is 376 g/mol. The number of imidazole rings is 1. The topological polar surface area (TPSA) is 67.8 Å². The van der Waals surface area contributed by atoms with E-state index in [0.29, 0.717) is 17.3 Å². The largest absolute Gasteiger partial charge is 0.306 e. The molecule has 0 amide bonds. The van der Waals surface area contributed by atoms with Gasteiger partial charge in [-0.3, -0.25) is 14.2 Å². The van der Waals surface area contributed by atoms with Crippen molar-refractivity contribution in [2.75, 3.05) is 19.6 Å². The van der Waals surface area contributed by atoms with Gasteiger partial charge in [0.1, 0.15) is 5.65 Å². The molecule has 5 heterocycles. The summed E-state index contributed by atoms with van der Waals surface area (Å²) >= 11 is 0. The summed E-state index contributed by atoms with van der Waals surface area (Å²) in [5, 5.41) is 0. The molecular formula is C23H26N6O. The Bertz CT molecular complexity index is 1270. The highest BCUT2D eigenvalue weighted by atomic mass is 16.1. The summed E-state index contributed by atoms with van der Waals surface area (Å²) in [6.45, 7) is 7.54. The number of aryl methyl sites for hydroxylation is 1. The maximum atomic E-state index is 12.9. The molecule has 7 nitrogen and oxygen atoms in total. The molecule has 0 atom stereocenters. The molecule has 4 aromatic heterocycles. The first-order chi connectivity index (χ1) is 14.6. The molecule has 0 spiro atoms. The zero-order valence-corrected chi connectivity index (χ0v) is 17.5. The minimum Gasteiger partial charge on any atom is -0.306 e. The number of likely N-dealkylation sites (tertiary alicyclic amines) is 1. The lowest BCUT2D eigenvalue weighted by atomic mass is 9.93. The SMILES string of the molecule is CCCN1CCC(c2cn3c(=O)cc(-c4ccc5nc(C)cn5c4)nc3cn2)CC1. The summed E-state index contributed by atoms with van der Waals surface area (Å²) in [6, 6.07) is 5.50. The third-order valence-electron chi connectivity index (χ3n) is 5.98. The molecule has 1 aliphatic rings. The molecule has 7 heteroatoms. The van der Waals surface area contributed by atoms with Crippen LogP contribution in [0.25, 0.3) is 22.6 Å². The van der Waals surface area contributed by atoms with E-state index in [4.69, 9.17) is 4.98 Å². The first kappa shape index (κ1) is 18.9. The van der Waals surface area contributed by atoms with E-state index in [1.165, 1.54) is 6.42 Å². The molecule has 0 aromatic carbocycles. The Balaban J connectivity index is 1.46. The van der Waals surface area contributed by atoms with Gasteiger partial charge < -0.3 is 9.30 Å². The van der Waals surface area contributed by atoms with Gasteiger partial charge >= 0.3 is 0 Å². The van der Waals surface area contributed by atoms with Gasteiger partial charge in [0.15, 0.2) is 5.65 Å². The predicted molar refractivity (Wildman–Crippen MR) is 117 cm³/mol. The lowest BCUT2D eigenvalue weighted by Gasteiger charge is -2.31. The first-order valence-electron chi connectivity index (χ1n) is 10.7. The van der Waals surface area contributed by atoms with Crippen molar-refractivity contribution in [1.29, 1.82) is 0 Å². The number of nitrogens with zero attached hydrogens (tertiary/aromatic N) is 6. The van der Waals surface area contributed by atoms with Gasteiger partial charge in [0.05, 0.1) is 23.3 Å². The Morgan fingerprint density at radius 1 is 1.07 bits per heavy atom. The predicted octanol–water partition coefficient (Wildman–Crippen LogP) is 3.30. The monoisotopic (exact) mass is 402 g/mol. The summed E-state index contributed by atoms with van der Waals surface area (Å²) < 4.78 is 3.59. The lowest BCUT2D eigenvalue weighted by molar-refractivity contribution is 0.211. The van der Waals surface area contributed by atoms with Gasteiger partial charge in [-0.05, 0) is 58.0 Å². The van der Waals surface area contributed by atoms with Crippen LogP contribution < -0.4 is 5.56 Å². The van der Waals surface area contributed by atoms with Gasteiger partial charge in [-0.15, -0.1) is 0 Å². The molecule has 154 valence electrons. The average Bonchev–Trinajstić information content (AvgIpc) is 3.13. The zero-order chi connectivity index (χ0) is 20.7. The maximum Gasteiger partial charge on any atom is 0.258 e. The Hall–Kier alpha value is -3.06. The molecule has 0 N–H and O–H groups in total.